The van der Waals surface area contributed by atoms with E-state index in [0.717, 1.165) is 5.56 Å². The van der Waals surface area contributed by atoms with E-state index in [-0.39, 0.29) is 5.91 Å². The molecule has 1 rings (SSSR count). The Labute approximate surface area is 65.5 Å². The molecule has 1 radical (unpaired) electrons. The zero-order valence-corrected chi connectivity index (χ0v) is 6.51. The van der Waals surface area contributed by atoms with Gasteiger partial charge in [0, 0.05) is 19.3 Å². The molecule has 1 aromatic rings. The van der Waals surface area contributed by atoms with Crippen LogP contribution in [0.3, 0.4) is 0 Å². The fraction of sp³-hybridized carbons (Fsp3) is 0.250. The molecule has 0 fully saturated rings. The van der Waals surface area contributed by atoms with Crippen molar-refractivity contribution in [3.8, 4) is 0 Å². The molecule has 0 saturated heterocycles. The number of rotatable bonds is 1. The third-order valence-corrected chi connectivity index (χ3v) is 1.31. The monoisotopic (exact) mass is 149 g/mol. The highest BCUT2D eigenvalue weighted by Gasteiger charge is 2.02. The number of pyridine rings is 1. The van der Waals surface area contributed by atoms with Gasteiger partial charge in [0.05, 0.1) is 0 Å². The number of hydrogen-bond donors (Lipinski definition) is 1. The van der Waals surface area contributed by atoms with E-state index in [9.17, 15) is 4.79 Å². The zero-order chi connectivity index (χ0) is 8.27. The third kappa shape index (κ3) is 1.77. The van der Waals surface area contributed by atoms with Gasteiger partial charge in [0.2, 0.25) is 0 Å². The lowest BCUT2D eigenvalue weighted by Crippen LogP contribution is -2.19. The summed E-state index contributed by atoms with van der Waals surface area (Å²) in [7, 11) is 1.58. The number of carbonyl (C=O) groups excluding carboxylic acids is 1. The molecule has 0 aliphatic rings. The molecule has 0 aromatic carbocycles. The zero-order valence-electron chi connectivity index (χ0n) is 6.51. The highest BCUT2D eigenvalue weighted by molar-refractivity contribution is 5.92. The van der Waals surface area contributed by atoms with E-state index in [1.165, 1.54) is 6.20 Å². The van der Waals surface area contributed by atoms with Crippen molar-refractivity contribution in [2.75, 3.05) is 7.05 Å². The minimum atomic E-state index is -0.165. The van der Waals surface area contributed by atoms with Crippen LogP contribution in [0.4, 0.5) is 0 Å². The average Bonchev–Trinajstić information content (AvgIpc) is 2.03. The first kappa shape index (κ1) is 7.72. The first-order chi connectivity index (χ1) is 5.24. The standard InChI is InChI=1S/C8H9N2O/c1-6-3-4-10-7(5-6)8(11)9-2/h4-5H,1-2H3,(H,9,11). The fourth-order valence-corrected chi connectivity index (χ4v) is 0.740. The number of nitrogens with zero attached hydrogens (tertiary/aromatic N) is 1. The van der Waals surface area contributed by atoms with E-state index in [0.29, 0.717) is 5.69 Å². The second-order valence-electron chi connectivity index (χ2n) is 2.19. The van der Waals surface area contributed by atoms with Crippen molar-refractivity contribution in [1.29, 1.82) is 0 Å². The Morgan fingerprint density at radius 1 is 1.73 bits per heavy atom. The van der Waals surface area contributed by atoms with Gasteiger partial charge in [-0.25, -0.2) is 0 Å². The number of aromatic nitrogens is 1. The molecule has 0 bridgehead atoms. The van der Waals surface area contributed by atoms with Gasteiger partial charge < -0.3 is 5.32 Å². The summed E-state index contributed by atoms with van der Waals surface area (Å²) >= 11 is 0. The van der Waals surface area contributed by atoms with Crippen molar-refractivity contribution in [2.45, 2.75) is 6.92 Å². The molecule has 1 N–H and O–H groups in total. The number of nitrogens with one attached hydrogen (secondary N) is 1. The Bertz CT molecular complexity index is 271. The highest BCUT2D eigenvalue weighted by Crippen LogP contribution is 1.97. The predicted octanol–water partition coefficient (Wildman–Crippen LogP) is 0.550. The summed E-state index contributed by atoms with van der Waals surface area (Å²) < 4.78 is 0. The summed E-state index contributed by atoms with van der Waals surface area (Å²) in [5.74, 6) is -0.165. The van der Waals surface area contributed by atoms with E-state index in [1.54, 1.807) is 13.1 Å². The lowest BCUT2D eigenvalue weighted by Gasteiger charge is -1.97. The van der Waals surface area contributed by atoms with Crippen LogP contribution in [0.1, 0.15) is 16.1 Å². The lowest BCUT2D eigenvalue weighted by atomic mass is 10.2. The second kappa shape index (κ2) is 3.14. The van der Waals surface area contributed by atoms with Gasteiger partial charge in [-0.05, 0) is 18.6 Å². The summed E-state index contributed by atoms with van der Waals surface area (Å²) in [4.78, 5) is 14.8. The summed E-state index contributed by atoms with van der Waals surface area (Å²) in [6.07, 6.45) is 1.50. The number of aryl methyl sites for hydroxylation is 1. The van der Waals surface area contributed by atoms with Crippen molar-refractivity contribution in [3.63, 3.8) is 0 Å². The number of carbonyl (C=O) groups is 1. The number of hydrogen-bond acceptors (Lipinski definition) is 2. The highest BCUT2D eigenvalue weighted by atomic mass is 16.1. The molecule has 3 heteroatoms. The summed E-state index contributed by atoms with van der Waals surface area (Å²) in [5.41, 5.74) is 1.35. The van der Waals surface area contributed by atoms with Crippen LogP contribution in [0.15, 0.2) is 12.3 Å². The molecule has 0 saturated carbocycles. The van der Waals surface area contributed by atoms with Crippen molar-refractivity contribution in [3.05, 3.63) is 29.6 Å². The van der Waals surface area contributed by atoms with Gasteiger partial charge in [-0.15, -0.1) is 0 Å². The van der Waals surface area contributed by atoms with Crippen LogP contribution in [0.2, 0.25) is 0 Å². The number of amides is 1. The van der Waals surface area contributed by atoms with E-state index in [2.05, 4.69) is 16.4 Å². The first-order valence-electron chi connectivity index (χ1n) is 3.30. The van der Waals surface area contributed by atoms with Gasteiger partial charge in [0.25, 0.3) is 5.91 Å². The van der Waals surface area contributed by atoms with Crippen LogP contribution < -0.4 is 5.32 Å². The Balaban J connectivity index is 2.96. The largest absolute Gasteiger partial charge is 0.354 e. The lowest BCUT2D eigenvalue weighted by molar-refractivity contribution is 0.0958. The normalized spacial score (nSPS) is 9.27. The van der Waals surface area contributed by atoms with Crippen LogP contribution in [0, 0.1) is 13.0 Å². The fourth-order valence-electron chi connectivity index (χ4n) is 0.740. The topological polar surface area (TPSA) is 42.0 Å². The van der Waals surface area contributed by atoms with Gasteiger partial charge in [0.1, 0.15) is 5.69 Å². The van der Waals surface area contributed by atoms with Crippen molar-refractivity contribution in [2.24, 2.45) is 0 Å². The average molecular weight is 149 g/mol. The Morgan fingerprint density at radius 3 is 3.00 bits per heavy atom. The molecule has 0 spiro atoms. The van der Waals surface area contributed by atoms with Crippen LogP contribution in [-0.4, -0.2) is 17.9 Å². The van der Waals surface area contributed by atoms with E-state index in [1.807, 2.05) is 6.92 Å². The minimum Gasteiger partial charge on any atom is -0.354 e. The molecular formula is C8H9N2O. The minimum absolute atomic E-state index is 0.165. The van der Waals surface area contributed by atoms with E-state index in [4.69, 9.17) is 0 Å². The Kier molecular flexibility index (Phi) is 2.21. The van der Waals surface area contributed by atoms with Crippen LogP contribution in [0.5, 0.6) is 0 Å². The van der Waals surface area contributed by atoms with Gasteiger partial charge >= 0.3 is 0 Å². The maximum atomic E-state index is 11.0. The van der Waals surface area contributed by atoms with Gasteiger partial charge in [-0.1, -0.05) is 0 Å². The molecule has 3 nitrogen and oxygen atoms in total. The Hall–Kier alpha value is -1.38. The Morgan fingerprint density at radius 2 is 2.45 bits per heavy atom. The van der Waals surface area contributed by atoms with E-state index >= 15 is 0 Å². The SMILES string of the molecule is CNC(=O)c1cc(C)[c]cn1. The molecule has 0 aliphatic heterocycles. The molecule has 0 unspecified atom stereocenters. The third-order valence-electron chi connectivity index (χ3n) is 1.31. The van der Waals surface area contributed by atoms with Crippen LogP contribution in [0.25, 0.3) is 0 Å². The van der Waals surface area contributed by atoms with Crippen LogP contribution >= 0.6 is 0 Å². The van der Waals surface area contributed by atoms with Gasteiger partial charge in [0.15, 0.2) is 0 Å². The molecule has 11 heavy (non-hydrogen) atoms. The van der Waals surface area contributed by atoms with Gasteiger partial charge in [-0.3, -0.25) is 9.78 Å². The van der Waals surface area contributed by atoms with Crippen molar-refractivity contribution in [1.82, 2.24) is 10.3 Å². The van der Waals surface area contributed by atoms with Gasteiger partial charge in [-0.2, -0.15) is 0 Å². The van der Waals surface area contributed by atoms with Crippen molar-refractivity contribution < 1.29 is 4.79 Å². The molecule has 1 aromatic heterocycles. The first-order valence-corrected chi connectivity index (χ1v) is 3.30. The molecular weight excluding hydrogens is 140 g/mol. The molecule has 57 valence electrons. The van der Waals surface area contributed by atoms with Crippen LogP contribution in [-0.2, 0) is 0 Å². The molecule has 1 heterocycles. The molecule has 1 amide bonds. The quantitative estimate of drug-likeness (QED) is 0.633. The maximum Gasteiger partial charge on any atom is 0.269 e. The van der Waals surface area contributed by atoms with Crippen molar-refractivity contribution >= 4 is 5.91 Å². The smallest absolute Gasteiger partial charge is 0.269 e. The molecule has 0 aliphatic carbocycles. The summed E-state index contributed by atoms with van der Waals surface area (Å²) in [6, 6.07) is 4.55. The summed E-state index contributed by atoms with van der Waals surface area (Å²) in [6.45, 7) is 1.87. The van der Waals surface area contributed by atoms with E-state index < -0.39 is 0 Å². The second-order valence-corrected chi connectivity index (χ2v) is 2.19. The predicted molar refractivity (Wildman–Crippen MR) is 41.2 cm³/mol. The molecule has 0 atom stereocenters. The summed E-state index contributed by atoms with van der Waals surface area (Å²) in [5, 5.41) is 2.49. The maximum absolute atomic E-state index is 11.0.